The van der Waals surface area contributed by atoms with Crippen LogP contribution in [0.3, 0.4) is 0 Å². The minimum atomic E-state index is -0.484. The van der Waals surface area contributed by atoms with Crippen LogP contribution in [0.2, 0.25) is 0 Å². The van der Waals surface area contributed by atoms with Gasteiger partial charge in [-0.2, -0.15) is 0 Å². The fourth-order valence-corrected chi connectivity index (χ4v) is 2.83. The first kappa shape index (κ1) is 21.0. The average molecular weight is 419 g/mol. The molecule has 0 fully saturated rings. The van der Waals surface area contributed by atoms with E-state index in [1.165, 1.54) is 32.1 Å². The lowest BCUT2D eigenvalue weighted by molar-refractivity contribution is -0.392. The van der Waals surface area contributed by atoms with E-state index in [2.05, 4.69) is 15.2 Å². The molecule has 0 atom stereocenters. The molecule has 0 saturated heterocycles. The van der Waals surface area contributed by atoms with Crippen LogP contribution in [-0.2, 0) is 17.9 Å². The van der Waals surface area contributed by atoms with Gasteiger partial charge in [0.05, 0.1) is 27.9 Å². The SMILES string of the molecule is COc1cc(-c2nnc(COCCn3c([N+](=O)[O-])cnc3C)o2)cc(OC)c1OC. The van der Waals surface area contributed by atoms with E-state index in [1.54, 1.807) is 19.1 Å². The number of hydrogen-bond acceptors (Lipinski definition) is 10. The molecule has 30 heavy (non-hydrogen) atoms. The fraction of sp³-hybridized carbons (Fsp3) is 0.389. The number of nitrogens with zero attached hydrogens (tertiary/aromatic N) is 5. The minimum Gasteiger partial charge on any atom is -0.493 e. The molecule has 2 heterocycles. The number of ether oxygens (including phenoxy) is 4. The molecule has 1 aromatic carbocycles. The van der Waals surface area contributed by atoms with Gasteiger partial charge in [0.2, 0.25) is 17.5 Å². The Kier molecular flexibility index (Phi) is 6.47. The molecule has 0 aliphatic carbocycles. The third-order valence-electron chi connectivity index (χ3n) is 4.28. The first-order valence-electron chi connectivity index (χ1n) is 8.85. The number of methoxy groups -OCH3 is 3. The van der Waals surface area contributed by atoms with Crippen molar-refractivity contribution >= 4 is 5.82 Å². The van der Waals surface area contributed by atoms with E-state index in [4.69, 9.17) is 23.4 Å². The molecule has 3 rings (SSSR count). The molecular weight excluding hydrogens is 398 g/mol. The van der Waals surface area contributed by atoms with E-state index in [0.717, 1.165) is 0 Å². The minimum absolute atomic E-state index is 0.0545. The Morgan fingerprint density at radius 1 is 1.13 bits per heavy atom. The summed E-state index contributed by atoms with van der Waals surface area (Å²) in [5.74, 6) is 2.34. The van der Waals surface area contributed by atoms with E-state index in [9.17, 15) is 10.1 Å². The van der Waals surface area contributed by atoms with E-state index in [0.29, 0.717) is 28.6 Å². The predicted molar refractivity (Wildman–Crippen MR) is 103 cm³/mol. The quantitative estimate of drug-likeness (QED) is 0.273. The summed E-state index contributed by atoms with van der Waals surface area (Å²) in [6.07, 6.45) is 1.22. The highest BCUT2D eigenvalue weighted by Gasteiger charge is 2.19. The topological polar surface area (TPSA) is 137 Å². The van der Waals surface area contributed by atoms with Crippen LogP contribution >= 0.6 is 0 Å². The lowest BCUT2D eigenvalue weighted by Gasteiger charge is -2.12. The van der Waals surface area contributed by atoms with Crippen LogP contribution in [0.15, 0.2) is 22.7 Å². The number of benzene rings is 1. The number of imidazole rings is 1. The Bertz CT molecular complexity index is 1000. The third-order valence-corrected chi connectivity index (χ3v) is 4.28. The van der Waals surface area contributed by atoms with Gasteiger partial charge in [-0.25, -0.2) is 9.55 Å². The van der Waals surface area contributed by atoms with E-state index in [1.807, 2.05) is 0 Å². The lowest BCUT2D eigenvalue weighted by Crippen LogP contribution is -2.10. The van der Waals surface area contributed by atoms with E-state index in [-0.39, 0.29) is 37.4 Å². The second kappa shape index (κ2) is 9.22. The number of aromatic nitrogens is 4. The molecule has 12 heteroatoms. The van der Waals surface area contributed by atoms with Crippen LogP contribution in [0.4, 0.5) is 5.82 Å². The monoisotopic (exact) mass is 419 g/mol. The smallest absolute Gasteiger partial charge is 0.342 e. The maximum atomic E-state index is 11.0. The maximum absolute atomic E-state index is 11.0. The van der Waals surface area contributed by atoms with Crippen molar-refractivity contribution in [1.82, 2.24) is 19.7 Å². The number of nitro groups is 1. The highest BCUT2D eigenvalue weighted by atomic mass is 16.6. The Morgan fingerprint density at radius 3 is 2.43 bits per heavy atom. The normalized spacial score (nSPS) is 10.8. The Labute approximate surface area is 171 Å². The van der Waals surface area contributed by atoms with Gasteiger partial charge in [-0.15, -0.1) is 10.2 Å². The van der Waals surface area contributed by atoms with Crippen LogP contribution in [0.5, 0.6) is 17.2 Å². The molecule has 0 amide bonds. The first-order chi connectivity index (χ1) is 14.5. The summed E-state index contributed by atoms with van der Waals surface area (Å²) >= 11 is 0. The van der Waals surface area contributed by atoms with Gasteiger partial charge in [-0.3, -0.25) is 0 Å². The number of aryl methyl sites for hydroxylation is 1. The van der Waals surface area contributed by atoms with Gasteiger partial charge in [0.15, 0.2) is 17.3 Å². The highest BCUT2D eigenvalue weighted by Crippen LogP contribution is 2.40. The Morgan fingerprint density at radius 2 is 1.83 bits per heavy atom. The van der Waals surface area contributed by atoms with Crippen LogP contribution in [0.1, 0.15) is 11.7 Å². The molecule has 160 valence electrons. The molecule has 0 saturated carbocycles. The molecular formula is C18H21N5O7. The van der Waals surface area contributed by atoms with E-state index < -0.39 is 4.92 Å². The summed E-state index contributed by atoms with van der Waals surface area (Å²) < 4.78 is 28.6. The Hall–Kier alpha value is -3.67. The zero-order valence-electron chi connectivity index (χ0n) is 16.9. The molecule has 2 aromatic heterocycles. The lowest BCUT2D eigenvalue weighted by atomic mass is 10.2. The van der Waals surface area contributed by atoms with Gasteiger partial charge in [0.1, 0.15) is 19.3 Å². The highest BCUT2D eigenvalue weighted by molar-refractivity contribution is 5.65. The zero-order chi connectivity index (χ0) is 21.7. The van der Waals surface area contributed by atoms with Crippen LogP contribution in [-0.4, -0.2) is 52.6 Å². The van der Waals surface area contributed by atoms with Crippen LogP contribution < -0.4 is 14.2 Å². The van der Waals surface area contributed by atoms with Crippen LogP contribution in [0.25, 0.3) is 11.5 Å². The molecule has 0 aliphatic rings. The van der Waals surface area contributed by atoms with Gasteiger partial charge >= 0.3 is 5.82 Å². The largest absolute Gasteiger partial charge is 0.493 e. The maximum Gasteiger partial charge on any atom is 0.342 e. The van der Waals surface area contributed by atoms with Crippen molar-refractivity contribution < 1.29 is 28.3 Å². The van der Waals surface area contributed by atoms with Crippen molar-refractivity contribution in [3.8, 4) is 28.7 Å². The van der Waals surface area contributed by atoms with Gasteiger partial charge < -0.3 is 33.5 Å². The molecule has 3 aromatic rings. The standard InChI is InChI=1S/C18H21N5O7/c1-11-19-9-16(23(24)25)22(11)5-6-29-10-15-20-21-18(30-15)12-7-13(26-2)17(28-4)14(8-12)27-3/h7-9H,5-6,10H2,1-4H3. The van der Waals surface area contributed by atoms with Crippen molar-refractivity contribution in [1.29, 1.82) is 0 Å². The molecule has 0 bridgehead atoms. The van der Waals surface area contributed by atoms with Gasteiger partial charge in [0, 0.05) is 12.5 Å². The van der Waals surface area contributed by atoms with Crippen molar-refractivity contribution in [3.05, 3.63) is 40.2 Å². The van der Waals surface area contributed by atoms with E-state index >= 15 is 0 Å². The molecule has 0 unspecified atom stereocenters. The van der Waals surface area contributed by atoms with Crippen molar-refractivity contribution in [2.75, 3.05) is 27.9 Å². The molecule has 0 N–H and O–H groups in total. The summed E-state index contributed by atoms with van der Waals surface area (Å²) in [5.41, 5.74) is 0.591. The number of rotatable bonds is 10. The van der Waals surface area contributed by atoms with Crippen molar-refractivity contribution in [3.63, 3.8) is 0 Å². The third kappa shape index (κ3) is 4.33. The van der Waals surface area contributed by atoms with Crippen molar-refractivity contribution in [2.45, 2.75) is 20.1 Å². The second-order valence-corrected chi connectivity index (χ2v) is 6.04. The van der Waals surface area contributed by atoms with Gasteiger partial charge in [-0.1, -0.05) is 0 Å². The summed E-state index contributed by atoms with van der Waals surface area (Å²) in [6.45, 7) is 2.23. The molecule has 0 spiro atoms. The Balaban J connectivity index is 1.65. The second-order valence-electron chi connectivity index (χ2n) is 6.04. The summed E-state index contributed by atoms with van der Waals surface area (Å²) in [4.78, 5) is 14.5. The van der Waals surface area contributed by atoms with Gasteiger partial charge in [-0.05, 0) is 17.1 Å². The predicted octanol–water partition coefficient (Wildman–Crippen LogP) is 2.39. The number of hydrogen-bond donors (Lipinski definition) is 0. The molecule has 0 aliphatic heterocycles. The first-order valence-corrected chi connectivity index (χ1v) is 8.85. The molecule has 0 radical (unpaired) electrons. The molecule has 12 nitrogen and oxygen atoms in total. The summed E-state index contributed by atoms with van der Waals surface area (Å²) in [5, 5.41) is 19.0. The van der Waals surface area contributed by atoms with Gasteiger partial charge in [0.25, 0.3) is 0 Å². The fourth-order valence-electron chi connectivity index (χ4n) is 2.83. The van der Waals surface area contributed by atoms with Crippen LogP contribution in [0, 0.1) is 17.0 Å². The zero-order valence-corrected chi connectivity index (χ0v) is 16.9. The average Bonchev–Trinajstić information content (AvgIpc) is 3.36. The van der Waals surface area contributed by atoms with Crippen molar-refractivity contribution in [2.24, 2.45) is 0 Å². The summed E-state index contributed by atoms with van der Waals surface area (Å²) in [6, 6.07) is 3.39. The summed E-state index contributed by atoms with van der Waals surface area (Å²) in [7, 11) is 4.54.